The number of hydrogen-bond donors (Lipinski definition) is 0. The number of rotatable bonds is 4. The molecular formula is C18H15N3O5. The zero-order valence-corrected chi connectivity index (χ0v) is 14.1. The van der Waals surface area contributed by atoms with E-state index in [1.807, 2.05) is 6.92 Å². The maximum absolute atomic E-state index is 12.6. The largest absolute Gasteiger partial charge is 0.294 e. The molecule has 0 unspecified atom stereocenters. The van der Waals surface area contributed by atoms with E-state index in [-0.39, 0.29) is 23.7 Å². The average Bonchev–Trinajstić information content (AvgIpc) is 2.84. The number of fused-ring (bicyclic) bond motifs is 1. The quantitative estimate of drug-likeness (QED) is 0.477. The molecule has 0 bridgehead atoms. The van der Waals surface area contributed by atoms with Crippen molar-refractivity contribution in [2.75, 3.05) is 11.6 Å². The van der Waals surface area contributed by atoms with Crippen LogP contribution < -0.4 is 4.90 Å². The summed E-state index contributed by atoms with van der Waals surface area (Å²) < 4.78 is 0. The molecule has 0 fully saturated rings. The van der Waals surface area contributed by atoms with Gasteiger partial charge in [0, 0.05) is 18.7 Å². The molecular weight excluding hydrogens is 338 g/mol. The Morgan fingerprint density at radius 2 is 1.77 bits per heavy atom. The Bertz CT molecular complexity index is 936. The number of aryl methyl sites for hydroxylation is 1. The summed E-state index contributed by atoms with van der Waals surface area (Å²) in [6.07, 6.45) is 0. The number of nitrogens with zero attached hydrogens (tertiary/aromatic N) is 3. The highest BCUT2D eigenvalue weighted by Gasteiger charge is 2.41. The van der Waals surface area contributed by atoms with E-state index in [0.29, 0.717) is 5.69 Å². The predicted molar refractivity (Wildman–Crippen MR) is 92.8 cm³/mol. The molecule has 0 saturated heterocycles. The van der Waals surface area contributed by atoms with E-state index in [4.69, 9.17) is 0 Å². The molecule has 0 N–H and O–H groups in total. The van der Waals surface area contributed by atoms with Gasteiger partial charge in [-0.3, -0.25) is 34.3 Å². The molecule has 3 amide bonds. The first-order chi connectivity index (χ1) is 12.3. The molecule has 1 heterocycles. The zero-order valence-electron chi connectivity index (χ0n) is 14.1. The minimum Gasteiger partial charge on any atom is -0.294 e. The lowest BCUT2D eigenvalue weighted by Crippen LogP contribution is -2.43. The third-order valence-corrected chi connectivity index (χ3v) is 4.18. The van der Waals surface area contributed by atoms with Crippen LogP contribution in [0, 0.1) is 17.0 Å². The Labute approximate surface area is 148 Å². The van der Waals surface area contributed by atoms with Crippen molar-refractivity contribution in [3.8, 4) is 0 Å². The molecule has 0 atom stereocenters. The monoisotopic (exact) mass is 353 g/mol. The highest BCUT2D eigenvalue weighted by Crippen LogP contribution is 2.31. The van der Waals surface area contributed by atoms with Crippen LogP contribution in [0.2, 0.25) is 0 Å². The molecule has 0 saturated carbocycles. The summed E-state index contributed by atoms with van der Waals surface area (Å²) in [5, 5.41) is 11.2. The summed E-state index contributed by atoms with van der Waals surface area (Å²) in [6, 6.07) is 10.9. The van der Waals surface area contributed by atoms with Crippen LogP contribution in [0.15, 0.2) is 42.5 Å². The molecule has 2 aromatic rings. The third-order valence-electron chi connectivity index (χ3n) is 4.18. The number of anilines is 1. The second-order valence-electron chi connectivity index (χ2n) is 5.92. The fourth-order valence-electron chi connectivity index (χ4n) is 2.83. The normalized spacial score (nSPS) is 12.9. The molecule has 0 aromatic heterocycles. The van der Waals surface area contributed by atoms with E-state index < -0.39 is 22.4 Å². The summed E-state index contributed by atoms with van der Waals surface area (Å²) >= 11 is 0. The Morgan fingerprint density at radius 1 is 1.12 bits per heavy atom. The molecule has 8 nitrogen and oxygen atoms in total. The van der Waals surface area contributed by atoms with Crippen molar-refractivity contribution in [2.24, 2.45) is 0 Å². The fraction of sp³-hybridized carbons (Fsp3) is 0.167. The molecule has 8 heteroatoms. The van der Waals surface area contributed by atoms with Gasteiger partial charge in [-0.1, -0.05) is 23.8 Å². The van der Waals surface area contributed by atoms with Crippen LogP contribution in [0.3, 0.4) is 0 Å². The Balaban J connectivity index is 1.97. The van der Waals surface area contributed by atoms with Crippen molar-refractivity contribution in [1.29, 1.82) is 0 Å². The molecule has 0 aliphatic carbocycles. The molecule has 2 aromatic carbocycles. The molecule has 0 radical (unpaired) electrons. The number of imide groups is 1. The number of benzene rings is 2. The number of nitro benzene ring substituents is 1. The van der Waals surface area contributed by atoms with E-state index in [1.165, 1.54) is 30.0 Å². The number of hydrogen-bond acceptors (Lipinski definition) is 5. The smallest absolute Gasteiger partial charge is 0.282 e. The van der Waals surface area contributed by atoms with Crippen LogP contribution in [0.4, 0.5) is 11.4 Å². The first-order valence-electron chi connectivity index (χ1n) is 7.79. The van der Waals surface area contributed by atoms with Gasteiger partial charge in [-0.15, -0.1) is 0 Å². The van der Waals surface area contributed by atoms with Crippen molar-refractivity contribution in [3.05, 3.63) is 69.3 Å². The van der Waals surface area contributed by atoms with Crippen LogP contribution in [0.25, 0.3) is 0 Å². The van der Waals surface area contributed by atoms with Crippen LogP contribution in [-0.2, 0) is 4.79 Å². The summed E-state index contributed by atoms with van der Waals surface area (Å²) in [5.74, 6) is -1.80. The lowest BCUT2D eigenvalue weighted by atomic mass is 10.1. The van der Waals surface area contributed by atoms with Gasteiger partial charge in [0.15, 0.2) is 0 Å². The van der Waals surface area contributed by atoms with Crippen LogP contribution in [0.1, 0.15) is 33.2 Å². The summed E-state index contributed by atoms with van der Waals surface area (Å²) in [7, 11) is 0. The van der Waals surface area contributed by atoms with Gasteiger partial charge in [-0.2, -0.15) is 0 Å². The number of nitro groups is 1. The SMILES string of the molecule is CC(=O)N(CN1C(=O)c2cccc([N+](=O)[O-])c2C1=O)c1ccc(C)cc1. The Kier molecular flexibility index (Phi) is 4.25. The first-order valence-corrected chi connectivity index (χ1v) is 7.79. The van der Waals surface area contributed by atoms with Crippen molar-refractivity contribution in [2.45, 2.75) is 13.8 Å². The van der Waals surface area contributed by atoms with Crippen molar-refractivity contribution >= 4 is 29.1 Å². The topological polar surface area (TPSA) is 101 Å². The number of carbonyl (C=O) groups excluding carboxylic acids is 3. The van der Waals surface area contributed by atoms with Gasteiger partial charge in [0.2, 0.25) is 5.91 Å². The standard InChI is InChI=1S/C18H15N3O5/c1-11-6-8-13(9-7-11)19(12(2)22)10-20-17(23)14-4-3-5-15(21(25)26)16(14)18(20)24/h3-9H,10H2,1-2H3. The highest BCUT2D eigenvalue weighted by molar-refractivity contribution is 6.23. The lowest BCUT2D eigenvalue weighted by molar-refractivity contribution is -0.385. The third kappa shape index (κ3) is 2.81. The zero-order chi connectivity index (χ0) is 19.0. The van der Waals surface area contributed by atoms with E-state index >= 15 is 0 Å². The Morgan fingerprint density at radius 3 is 2.35 bits per heavy atom. The second-order valence-corrected chi connectivity index (χ2v) is 5.92. The summed E-state index contributed by atoms with van der Waals surface area (Å²) in [6.45, 7) is 2.90. The highest BCUT2D eigenvalue weighted by atomic mass is 16.6. The van der Waals surface area contributed by atoms with Crippen LogP contribution in [0.5, 0.6) is 0 Å². The minimum atomic E-state index is -0.782. The van der Waals surface area contributed by atoms with E-state index in [2.05, 4.69) is 0 Å². The average molecular weight is 353 g/mol. The van der Waals surface area contributed by atoms with E-state index in [0.717, 1.165) is 10.5 Å². The number of carbonyl (C=O) groups is 3. The van der Waals surface area contributed by atoms with Gasteiger partial charge in [0.25, 0.3) is 17.5 Å². The maximum Gasteiger partial charge on any atom is 0.282 e. The van der Waals surface area contributed by atoms with E-state index in [9.17, 15) is 24.5 Å². The molecule has 3 rings (SSSR count). The first kappa shape index (κ1) is 17.3. The van der Waals surface area contributed by atoms with Crippen molar-refractivity contribution < 1.29 is 19.3 Å². The molecule has 1 aliphatic heterocycles. The predicted octanol–water partition coefficient (Wildman–Crippen LogP) is 2.51. The lowest BCUT2D eigenvalue weighted by Gasteiger charge is -2.26. The van der Waals surface area contributed by atoms with Gasteiger partial charge in [-0.25, -0.2) is 0 Å². The Hall–Kier alpha value is -3.55. The molecule has 26 heavy (non-hydrogen) atoms. The van der Waals surface area contributed by atoms with E-state index in [1.54, 1.807) is 24.3 Å². The fourth-order valence-corrected chi connectivity index (χ4v) is 2.83. The second kappa shape index (κ2) is 6.40. The minimum absolute atomic E-state index is 0.0309. The van der Waals surface area contributed by atoms with Crippen LogP contribution in [-0.4, -0.2) is 34.2 Å². The molecule has 0 spiro atoms. The van der Waals surface area contributed by atoms with Gasteiger partial charge in [0.1, 0.15) is 12.2 Å². The maximum atomic E-state index is 12.6. The van der Waals surface area contributed by atoms with Gasteiger partial charge < -0.3 is 0 Å². The molecule has 132 valence electrons. The van der Waals surface area contributed by atoms with Crippen LogP contribution >= 0.6 is 0 Å². The summed E-state index contributed by atoms with van der Waals surface area (Å²) in [5.41, 5.74) is 0.822. The van der Waals surface area contributed by atoms with Crippen molar-refractivity contribution in [3.63, 3.8) is 0 Å². The van der Waals surface area contributed by atoms with Crippen molar-refractivity contribution in [1.82, 2.24) is 4.90 Å². The number of amides is 3. The summed E-state index contributed by atoms with van der Waals surface area (Å²) in [4.78, 5) is 49.8. The van der Waals surface area contributed by atoms with Gasteiger partial charge in [0.05, 0.1) is 10.5 Å². The van der Waals surface area contributed by atoms with Gasteiger partial charge >= 0.3 is 0 Å². The van der Waals surface area contributed by atoms with Gasteiger partial charge in [-0.05, 0) is 25.1 Å². The molecule has 1 aliphatic rings.